The second-order valence-corrected chi connectivity index (χ2v) is 6.01. The van der Waals surface area contributed by atoms with Crippen molar-refractivity contribution in [2.75, 3.05) is 0 Å². The number of hydrogen-bond acceptors (Lipinski definition) is 3. The molecule has 0 saturated carbocycles. The highest BCUT2D eigenvalue weighted by atomic mass is 35.5. The van der Waals surface area contributed by atoms with Gasteiger partial charge in [-0.1, -0.05) is 18.0 Å². The lowest BCUT2D eigenvalue weighted by Crippen LogP contribution is -2.00. The largest absolute Gasteiger partial charge is 0.506 e. The summed E-state index contributed by atoms with van der Waals surface area (Å²) in [6.45, 7) is 0. The van der Waals surface area contributed by atoms with Crippen LogP contribution < -0.4 is 0 Å². The Morgan fingerprint density at radius 1 is 1.27 bits per heavy atom. The van der Waals surface area contributed by atoms with Gasteiger partial charge in [0.1, 0.15) is 5.75 Å². The van der Waals surface area contributed by atoms with E-state index < -0.39 is 5.97 Å². The highest BCUT2D eigenvalue weighted by Crippen LogP contribution is 2.41. The predicted octanol–water partition coefficient (Wildman–Crippen LogP) is 3.41. The average Bonchev–Trinajstić information content (AvgIpc) is 2.71. The standard InChI is InChI=1S/C16H17ClN2O3/c1-19-13(8-12(18-19)16(21)22)11-7-9-5-3-2-4-6-10(9)14(17)15(11)20/h7-8,20H,2-6H2,1H3,(H,21,22). The number of aromatic hydroxyl groups is 1. The Morgan fingerprint density at radius 2 is 2.00 bits per heavy atom. The molecule has 22 heavy (non-hydrogen) atoms. The summed E-state index contributed by atoms with van der Waals surface area (Å²) < 4.78 is 1.46. The molecular formula is C16H17ClN2O3. The van der Waals surface area contributed by atoms with Gasteiger partial charge in [-0.15, -0.1) is 0 Å². The predicted molar refractivity (Wildman–Crippen MR) is 83.5 cm³/mol. The highest BCUT2D eigenvalue weighted by Gasteiger charge is 2.22. The fourth-order valence-electron chi connectivity index (χ4n) is 3.04. The Balaban J connectivity index is 2.17. The van der Waals surface area contributed by atoms with E-state index >= 15 is 0 Å². The van der Waals surface area contributed by atoms with Crippen molar-refractivity contribution >= 4 is 17.6 Å². The van der Waals surface area contributed by atoms with Gasteiger partial charge in [0.05, 0.1) is 10.7 Å². The summed E-state index contributed by atoms with van der Waals surface area (Å²) >= 11 is 6.36. The molecule has 116 valence electrons. The van der Waals surface area contributed by atoms with Gasteiger partial charge in [0.25, 0.3) is 0 Å². The number of rotatable bonds is 2. The molecular weight excluding hydrogens is 304 g/mol. The number of aromatic carboxylic acids is 1. The lowest BCUT2D eigenvalue weighted by molar-refractivity contribution is 0.0689. The van der Waals surface area contributed by atoms with Crippen molar-refractivity contribution in [1.82, 2.24) is 9.78 Å². The molecule has 1 aliphatic rings. The topological polar surface area (TPSA) is 75.4 Å². The molecule has 3 rings (SSSR count). The van der Waals surface area contributed by atoms with Crippen LogP contribution in [0.1, 0.15) is 40.9 Å². The maximum absolute atomic E-state index is 11.1. The first-order valence-corrected chi connectivity index (χ1v) is 7.67. The van der Waals surface area contributed by atoms with E-state index in [9.17, 15) is 9.90 Å². The zero-order chi connectivity index (χ0) is 15.9. The Bertz CT molecular complexity index is 752. The number of nitrogens with zero attached hydrogens (tertiary/aromatic N) is 2. The van der Waals surface area contributed by atoms with E-state index in [4.69, 9.17) is 16.7 Å². The Kier molecular flexibility index (Phi) is 3.83. The van der Waals surface area contributed by atoms with E-state index in [0.717, 1.165) is 43.2 Å². The van der Waals surface area contributed by atoms with E-state index in [2.05, 4.69) is 5.10 Å². The van der Waals surface area contributed by atoms with Crippen LogP contribution in [-0.4, -0.2) is 26.0 Å². The molecule has 0 bridgehead atoms. The minimum atomic E-state index is -1.10. The van der Waals surface area contributed by atoms with Crippen molar-refractivity contribution in [3.63, 3.8) is 0 Å². The molecule has 6 heteroatoms. The molecule has 5 nitrogen and oxygen atoms in total. The van der Waals surface area contributed by atoms with Gasteiger partial charge in [-0.3, -0.25) is 4.68 Å². The summed E-state index contributed by atoms with van der Waals surface area (Å²) in [5.74, 6) is -1.09. The summed E-state index contributed by atoms with van der Waals surface area (Å²) in [6.07, 6.45) is 5.11. The van der Waals surface area contributed by atoms with Crippen molar-refractivity contribution in [2.45, 2.75) is 32.1 Å². The van der Waals surface area contributed by atoms with Gasteiger partial charge in [-0.25, -0.2) is 4.79 Å². The van der Waals surface area contributed by atoms with E-state index in [0.29, 0.717) is 16.3 Å². The molecule has 0 aliphatic heterocycles. The zero-order valence-electron chi connectivity index (χ0n) is 12.3. The third kappa shape index (κ3) is 2.46. The summed E-state index contributed by atoms with van der Waals surface area (Å²) in [4.78, 5) is 11.1. The molecule has 1 aromatic carbocycles. The Labute approximate surface area is 133 Å². The molecule has 2 N–H and O–H groups in total. The third-order valence-corrected chi connectivity index (χ3v) is 4.59. The number of carboxylic acid groups (broad SMARTS) is 1. The summed E-state index contributed by atoms with van der Waals surface area (Å²) in [5, 5.41) is 23.8. The van der Waals surface area contributed by atoms with Crippen molar-refractivity contribution in [2.24, 2.45) is 7.05 Å². The monoisotopic (exact) mass is 320 g/mol. The molecule has 1 aliphatic carbocycles. The van der Waals surface area contributed by atoms with Crippen molar-refractivity contribution in [3.05, 3.63) is 34.0 Å². The molecule has 0 atom stereocenters. The molecule has 0 fully saturated rings. The minimum absolute atomic E-state index is 0.00209. The number of phenols is 1. The van der Waals surface area contributed by atoms with Crippen LogP contribution in [0, 0.1) is 0 Å². The highest BCUT2D eigenvalue weighted by molar-refractivity contribution is 6.33. The van der Waals surface area contributed by atoms with E-state index in [1.54, 1.807) is 7.05 Å². The maximum atomic E-state index is 11.1. The first-order chi connectivity index (χ1) is 10.5. The van der Waals surface area contributed by atoms with Crippen molar-refractivity contribution in [1.29, 1.82) is 0 Å². The van der Waals surface area contributed by atoms with E-state index in [1.807, 2.05) is 6.07 Å². The summed E-state index contributed by atoms with van der Waals surface area (Å²) in [5.41, 5.74) is 3.18. The van der Waals surface area contributed by atoms with Crippen LogP contribution in [0.25, 0.3) is 11.3 Å². The summed E-state index contributed by atoms with van der Waals surface area (Å²) in [6, 6.07) is 3.38. The van der Waals surface area contributed by atoms with Gasteiger partial charge in [-0.05, 0) is 48.9 Å². The van der Waals surface area contributed by atoms with Crippen LogP contribution in [0.15, 0.2) is 12.1 Å². The summed E-state index contributed by atoms with van der Waals surface area (Å²) in [7, 11) is 1.65. The Morgan fingerprint density at radius 3 is 2.68 bits per heavy atom. The lowest BCUT2D eigenvalue weighted by atomic mass is 9.97. The van der Waals surface area contributed by atoms with E-state index in [1.165, 1.54) is 10.7 Å². The molecule has 0 unspecified atom stereocenters. The smallest absolute Gasteiger partial charge is 0.356 e. The number of aryl methyl sites for hydroxylation is 2. The molecule has 0 radical (unpaired) electrons. The molecule has 0 amide bonds. The first kappa shape index (κ1) is 14.9. The first-order valence-electron chi connectivity index (χ1n) is 7.30. The SMILES string of the molecule is Cn1nc(C(=O)O)cc1-c1cc2c(c(Cl)c1O)CCCCC2. The number of fused-ring (bicyclic) bond motifs is 1. The second-order valence-electron chi connectivity index (χ2n) is 5.63. The molecule has 0 saturated heterocycles. The number of benzene rings is 1. The van der Waals surface area contributed by atoms with Gasteiger partial charge in [-0.2, -0.15) is 5.10 Å². The fourth-order valence-corrected chi connectivity index (χ4v) is 3.36. The van der Waals surface area contributed by atoms with E-state index in [-0.39, 0.29) is 11.4 Å². The number of hydrogen-bond donors (Lipinski definition) is 2. The van der Waals surface area contributed by atoms with Crippen LogP contribution >= 0.6 is 11.6 Å². The molecule has 1 heterocycles. The van der Waals surface area contributed by atoms with Crippen LogP contribution in [0.5, 0.6) is 5.75 Å². The number of halogens is 1. The van der Waals surface area contributed by atoms with Gasteiger partial charge in [0, 0.05) is 12.6 Å². The number of phenolic OH excluding ortho intramolecular Hbond substituents is 1. The number of carbonyl (C=O) groups is 1. The fraction of sp³-hybridized carbons (Fsp3) is 0.375. The molecule has 2 aromatic rings. The third-order valence-electron chi connectivity index (χ3n) is 4.18. The van der Waals surface area contributed by atoms with Crippen molar-refractivity contribution in [3.8, 4) is 17.0 Å². The minimum Gasteiger partial charge on any atom is -0.506 e. The van der Waals surface area contributed by atoms with Crippen LogP contribution in [0.4, 0.5) is 0 Å². The normalized spacial score (nSPS) is 14.5. The van der Waals surface area contributed by atoms with Gasteiger partial charge in [0.2, 0.25) is 0 Å². The van der Waals surface area contributed by atoms with Crippen LogP contribution in [0.2, 0.25) is 5.02 Å². The average molecular weight is 321 g/mol. The van der Waals surface area contributed by atoms with Gasteiger partial charge < -0.3 is 10.2 Å². The Hall–Kier alpha value is -2.01. The van der Waals surface area contributed by atoms with Crippen LogP contribution in [0.3, 0.4) is 0 Å². The van der Waals surface area contributed by atoms with Crippen LogP contribution in [-0.2, 0) is 19.9 Å². The lowest BCUT2D eigenvalue weighted by Gasteiger charge is -2.14. The molecule has 1 aromatic heterocycles. The zero-order valence-corrected chi connectivity index (χ0v) is 13.0. The van der Waals surface area contributed by atoms with Gasteiger partial charge in [0.15, 0.2) is 5.69 Å². The molecule has 0 spiro atoms. The van der Waals surface area contributed by atoms with Gasteiger partial charge >= 0.3 is 5.97 Å². The maximum Gasteiger partial charge on any atom is 0.356 e. The second kappa shape index (κ2) is 5.65. The van der Waals surface area contributed by atoms with Crippen molar-refractivity contribution < 1.29 is 15.0 Å². The number of aromatic nitrogens is 2. The quantitative estimate of drug-likeness (QED) is 0.831. The number of carboxylic acids is 1.